The smallest absolute Gasteiger partial charge is 0.401 e. The van der Waals surface area contributed by atoms with Crippen molar-refractivity contribution >= 4 is 5.97 Å². The summed E-state index contributed by atoms with van der Waals surface area (Å²) in [6.07, 6.45) is -4.44. The van der Waals surface area contributed by atoms with Crippen molar-refractivity contribution in [2.24, 2.45) is 5.73 Å². The Balaban J connectivity index is 4.21. The molecule has 15 heavy (non-hydrogen) atoms. The van der Waals surface area contributed by atoms with Crippen LogP contribution in [-0.2, 0) is 4.79 Å². The van der Waals surface area contributed by atoms with Crippen LogP contribution >= 0.6 is 0 Å². The molecule has 0 bridgehead atoms. The second-order valence-corrected chi connectivity index (χ2v) is 3.02. The third-order valence-corrected chi connectivity index (χ3v) is 1.59. The van der Waals surface area contributed by atoms with Gasteiger partial charge in [0.1, 0.15) is 6.04 Å². The molecule has 8 heteroatoms. The number of aliphatic hydroxyl groups is 1. The van der Waals surface area contributed by atoms with Crippen LogP contribution < -0.4 is 5.73 Å². The molecule has 0 saturated carbocycles. The second kappa shape index (κ2) is 5.89. The van der Waals surface area contributed by atoms with Crippen molar-refractivity contribution in [3.05, 3.63) is 0 Å². The lowest BCUT2D eigenvalue weighted by molar-refractivity contribution is -0.151. The van der Waals surface area contributed by atoms with Crippen LogP contribution in [0.3, 0.4) is 0 Å². The van der Waals surface area contributed by atoms with Gasteiger partial charge in [0.2, 0.25) is 0 Å². The molecule has 0 spiro atoms. The maximum Gasteiger partial charge on any atom is 0.401 e. The highest BCUT2D eigenvalue weighted by Crippen LogP contribution is 2.16. The van der Waals surface area contributed by atoms with Gasteiger partial charge in [-0.2, -0.15) is 13.2 Å². The van der Waals surface area contributed by atoms with Crippen molar-refractivity contribution < 1.29 is 28.2 Å². The average Bonchev–Trinajstić information content (AvgIpc) is 2.00. The largest absolute Gasteiger partial charge is 0.480 e. The maximum atomic E-state index is 12.0. The van der Waals surface area contributed by atoms with Crippen LogP contribution in [0.15, 0.2) is 0 Å². The Bertz CT molecular complexity index is 210. The van der Waals surface area contributed by atoms with Crippen molar-refractivity contribution in [2.75, 3.05) is 26.2 Å². The predicted molar refractivity (Wildman–Crippen MR) is 45.2 cm³/mol. The molecule has 0 aliphatic carbocycles. The fourth-order valence-electron chi connectivity index (χ4n) is 0.986. The minimum absolute atomic E-state index is 0.263. The number of carboxylic acids is 1. The van der Waals surface area contributed by atoms with Gasteiger partial charge in [0, 0.05) is 13.1 Å². The lowest BCUT2D eigenvalue weighted by Crippen LogP contribution is -2.46. The monoisotopic (exact) mass is 230 g/mol. The van der Waals surface area contributed by atoms with E-state index < -0.39 is 37.9 Å². The summed E-state index contributed by atoms with van der Waals surface area (Å²) in [7, 11) is 0. The van der Waals surface area contributed by atoms with Gasteiger partial charge in [0.05, 0.1) is 13.2 Å². The quantitative estimate of drug-likeness (QED) is 0.559. The highest BCUT2D eigenvalue weighted by atomic mass is 19.4. The van der Waals surface area contributed by atoms with Gasteiger partial charge in [0.15, 0.2) is 0 Å². The van der Waals surface area contributed by atoms with Gasteiger partial charge in [-0.25, -0.2) is 0 Å². The molecular weight excluding hydrogens is 217 g/mol. The second-order valence-electron chi connectivity index (χ2n) is 3.02. The van der Waals surface area contributed by atoms with E-state index in [1.807, 2.05) is 0 Å². The number of hydrogen-bond acceptors (Lipinski definition) is 4. The number of nitrogens with zero attached hydrogens (tertiary/aromatic N) is 1. The summed E-state index contributed by atoms with van der Waals surface area (Å²) >= 11 is 0. The fourth-order valence-corrected chi connectivity index (χ4v) is 0.986. The van der Waals surface area contributed by atoms with Gasteiger partial charge < -0.3 is 15.9 Å². The molecule has 90 valence electrons. The molecule has 0 aromatic rings. The van der Waals surface area contributed by atoms with Crippen molar-refractivity contribution in [3.8, 4) is 0 Å². The topological polar surface area (TPSA) is 86.8 Å². The summed E-state index contributed by atoms with van der Waals surface area (Å²) in [6.45, 7) is -2.48. The van der Waals surface area contributed by atoms with E-state index in [1.165, 1.54) is 0 Å². The molecule has 4 N–H and O–H groups in total. The Labute approximate surface area is 84.3 Å². The zero-order chi connectivity index (χ0) is 12.1. The highest BCUT2D eigenvalue weighted by molar-refractivity contribution is 5.73. The fraction of sp³-hybridized carbons (Fsp3) is 0.857. The van der Waals surface area contributed by atoms with Crippen LogP contribution in [0.4, 0.5) is 13.2 Å². The Hall–Kier alpha value is -0.860. The van der Waals surface area contributed by atoms with Crippen LogP contribution in [0, 0.1) is 0 Å². The minimum Gasteiger partial charge on any atom is -0.480 e. The van der Waals surface area contributed by atoms with Crippen molar-refractivity contribution in [2.45, 2.75) is 12.2 Å². The molecule has 1 atom stereocenters. The molecule has 0 aromatic carbocycles. The van der Waals surface area contributed by atoms with Crippen molar-refractivity contribution in [3.63, 3.8) is 0 Å². The van der Waals surface area contributed by atoms with Crippen LogP contribution in [0.2, 0.25) is 0 Å². The van der Waals surface area contributed by atoms with Gasteiger partial charge in [-0.05, 0) is 0 Å². The Morgan fingerprint density at radius 1 is 1.47 bits per heavy atom. The molecule has 0 aliphatic heterocycles. The number of aliphatic carboxylic acids is 1. The molecule has 0 aliphatic rings. The number of carboxylic acid groups (broad SMARTS) is 1. The number of carbonyl (C=O) groups is 1. The van der Waals surface area contributed by atoms with Gasteiger partial charge in [-0.15, -0.1) is 0 Å². The zero-order valence-electron chi connectivity index (χ0n) is 7.87. The average molecular weight is 230 g/mol. The van der Waals surface area contributed by atoms with E-state index in [4.69, 9.17) is 15.9 Å². The first-order chi connectivity index (χ1) is 6.76. The van der Waals surface area contributed by atoms with E-state index in [-0.39, 0.29) is 6.54 Å². The van der Waals surface area contributed by atoms with Gasteiger partial charge in [-0.3, -0.25) is 9.69 Å². The number of rotatable bonds is 6. The number of halogens is 3. The lowest BCUT2D eigenvalue weighted by Gasteiger charge is -2.24. The third kappa shape index (κ3) is 7.11. The minimum atomic E-state index is -4.44. The van der Waals surface area contributed by atoms with Crippen LogP contribution in [0.5, 0.6) is 0 Å². The Morgan fingerprint density at radius 2 is 2.00 bits per heavy atom. The first-order valence-electron chi connectivity index (χ1n) is 4.14. The summed E-state index contributed by atoms with van der Waals surface area (Å²) in [5.74, 6) is -1.37. The van der Waals surface area contributed by atoms with E-state index in [1.54, 1.807) is 0 Å². The summed E-state index contributed by atoms with van der Waals surface area (Å²) in [5.41, 5.74) is 5.08. The van der Waals surface area contributed by atoms with E-state index in [0.717, 1.165) is 4.90 Å². The predicted octanol–water partition coefficient (Wildman–Crippen LogP) is -0.745. The summed E-state index contributed by atoms with van der Waals surface area (Å²) in [4.78, 5) is 11.1. The SMILES string of the molecule is NC(CN(CCO)CC(F)(F)F)C(=O)O. The molecular formula is C7H13F3N2O3. The van der Waals surface area contributed by atoms with Crippen LogP contribution in [0.25, 0.3) is 0 Å². The third-order valence-electron chi connectivity index (χ3n) is 1.59. The summed E-state index contributed by atoms with van der Waals surface area (Å²) < 4.78 is 35.9. The first-order valence-corrected chi connectivity index (χ1v) is 4.14. The van der Waals surface area contributed by atoms with Crippen LogP contribution in [-0.4, -0.2) is 59.5 Å². The van der Waals surface area contributed by atoms with Crippen molar-refractivity contribution in [1.82, 2.24) is 4.90 Å². The maximum absolute atomic E-state index is 12.0. The zero-order valence-corrected chi connectivity index (χ0v) is 7.87. The summed E-state index contributed by atoms with van der Waals surface area (Å²) in [5, 5.41) is 16.9. The molecule has 0 amide bonds. The normalized spacial score (nSPS) is 14.3. The van der Waals surface area contributed by atoms with Gasteiger partial charge in [0.25, 0.3) is 0 Å². The molecule has 0 rings (SSSR count). The number of alkyl halides is 3. The molecule has 0 aromatic heterocycles. The highest BCUT2D eigenvalue weighted by Gasteiger charge is 2.31. The van der Waals surface area contributed by atoms with E-state index in [9.17, 15) is 18.0 Å². The first kappa shape index (κ1) is 14.1. The summed E-state index contributed by atoms with van der Waals surface area (Å²) in [6, 6.07) is -1.39. The number of aliphatic hydroxyl groups excluding tert-OH is 1. The van der Waals surface area contributed by atoms with Crippen LogP contribution in [0.1, 0.15) is 0 Å². The van der Waals surface area contributed by atoms with Gasteiger partial charge >= 0.3 is 12.1 Å². The Kier molecular flexibility index (Phi) is 5.55. The van der Waals surface area contributed by atoms with E-state index in [2.05, 4.69) is 0 Å². The molecule has 0 saturated heterocycles. The molecule has 0 radical (unpaired) electrons. The number of nitrogens with two attached hydrogens (primary N) is 1. The standard InChI is InChI=1S/C7H13F3N2O3/c8-7(9,10)4-12(1-2-13)3-5(11)6(14)15/h5,13H,1-4,11H2,(H,14,15). The number of hydrogen-bond donors (Lipinski definition) is 3. The molecule has 0 heterocycles. The lowest BCUT2D eigenvalue weighted by atomic mass is 10.3. The molecule has 5 nitrogen and oxygen atoms in total. The van der Waals surface area contributed by atoms with Crippen molar-refractivity contribution in [1.29, 1.82) is 0 Å². The Morgan fingerprint density at radius 3 is 2.33 bits per heavy atom. The molecule has 0 fully saturated rings. The van der Waals surface area contributed by atoms with E-state index >= 15 is 0 Å². The molecule has 1 unspecified atom stereocenters. The van der Waals surface area contributed by atoms with E-state index in [0.29, 0.717) is 0 Å². The van der Waals surface area contributed by atoms with Gasteiger partial charge in [-0.1, -0.05) is 0 Å².